The lowest BCUT2D eigenvalue weighted by Gasteiger charge is -2.10. The summed E-state index contributed by atoms with van der Waals surface area (Å²) in [5, 5.41) is 3.29. The van der Waals surface area contributed by atoms with Gasteiger partial charge in [0.2, 0.25) is 0 Å². The van der Waals surface area contributed by atoms with Crippen LogP contribution in [0.3, 0.4) is 0 Å². The topological polar surface area (TPSA) is 38.3 Å². The van der Waals surface area contributed by atoms with E-state index < -0.39 is 0 Å². The molecule has 0 fully saturated rings. The van der Waals surface area contributed by atoms with Crippen LogP contribution in [0.5, 0.6) is 5.75 Å². The van der Waals surface area contributed by atoms with Gasteiger partial charge in [0.1, 0.15) is 5.75 Å². The lowest BCUT2D eigenvalue weighted by atomic mass is 10.2. The van der Waals surface area contributed by atoms with Gasteiger partial charge in [0.25, 0.3) is 5.91 Å². The maximum Gasteiger partial charge on any atom is 0.256 e. The predicted molar refractivity (Wildman–Crippen MR) is 84.2 cm³/mol. The second-order valence-electron chi connectivity index (χ2n) is 4.00. The lowest BCUT2D eigenvalue weighted by molar-refractivity contribution is 0.102. The van der Waals surface area contributed by atoms with Gasteiger partial charge in [-0.05, 0) is 36.6 Å². The number of carbonyl (C=O) groups excluding carboxylic acids is 1. The van der Waals surface area contributed by atoms with Crippen molar-refractivity contribution >= 4 is 35.0 Å². The highest BCUT2D eigenvalue weighted by atomic mass is 35.5. The summed E-state index contributed by atoms with van der Waals surface area (Å²) in [4.78, 5) is 13.2. The number of thioether (sulfide) groups is 1. The Labute approximate surface area is 127 Å². The maximum absolute atomic E-state index is 12.3. The van der Waals surface area contributed by atoms with Crippen LogP contribution in [-0.2, 0) is 0 Å². The number of anilines is 1. The maximum atomic E-state index is 12.3. The van der Waals surface area contributed by atoms with Crippen molar-refractivity contribution in [3.05, 3.63) is 53.1 Å². The number of ether oxygens (including phenoxy) is 1. The molecule has 0 aliphatic rings. The number of hydrogen-bond acceptors (Lipinski definition) is 3. The van der Waals surface area contributed by atoms with Gasteiger partial charge in [0, 0.05) is 10.6 Å². The molecule has 104 valence electrons. The van der Waals surface area contributed by atoms with Crippen molar-refractivity contribution in [3.8, 4) is 5.75 Å². The molecule has 0 radical (unpaired) electrons. The van der Waals surface area contributed by atoms with E-state index in [1.165, 1.54) is 11.8 Å². The van der Waals surface area contributed by atoms with Gasteiger partial charge in [-0.3, -0.25) is 4.79 Å². The lowest BCUT2D eigenvalue weighted by Crippen LogP contribution is -2.12. The second kappa shape index (κ2) is 6.68. The van der Waals surface area contributed by atoms with Crippen LogP contribution in [0.2, 0.25) is 5.02 Å². The molecule has 2 aromatic carbocycles. The second-order valence-corrected chi connectivity index (χ2v) is 5.26. The van der Waals surface area contributed by atoms with E-state index in [9.17, 15) is 4.79 Å². The van der Waals surface area contributed by atoms with Crippen LogP contribution in [0.25, 0.3) is 0 Å². The van der Waals surface area contributed by atoms with Crippen LogP contribution in [0.4, 0.5) is 5.69 Å². The molecule has 0 spiro atoms. The van der Waals surface area contributed by atoms with Gasteiger partial charge >= 0.3 is 0 Å². The summed E-state index contributed by atoms with van der Waals surface area (Å²) in [6, 6.07) is 12.6. The van der Waals surface area contributed by atoms with Gasteiger partial charge in [0.05, 0.1) is 17.7 Å². The molecular weight excluding hydrogens is 294 g/mol. The third-order valence-corrected chi connectivity index (χ3v) is 3.85. The van der Waals surface area contributed by atoms with E-state index in [4.69, 9.17) is 16.3 Å². The zero-order valence-corrected chi connectivity index (χ0v) is 12.7. The van der Waals surface area contributed by atoms with E-state index in [1.54, 1.807) is 31.4 Å². The molecule has 0 unspecified atom stereocenters. The van der Waals surface area contributed by atoms with Crippen LogP contribution < -0.4 is 10.1 Å². The fourth-order valence-corrected chi connectivity index (χ4v) is 2.63. The average molecular weight is 308 g/mol. The molecule has 0 aliphatic carbocycles. The van der Waals surface area contributed by atoms with Crippen molar-refractivity contribution in [1.29, 1.82) is 0 Å². The van der Waals surface area contributed by atoms with Gasteiger partial charge in [-0.15, -0.1) is 11.8 Å². The molecule has 1 amide bonds. The van der Waals surface area contributed by atoms with E-state index >= 15 is 0 Å². The number of amides is 1. The normalized spacial score (nSPS) is 10.2. The van der Waals surface area contributed by atoms with E-state index in [2.05, 4.69) is 5.32 Å². The van der Waals surface area contributed by atoms with E-state index in [0.29, 0.717) is 22.0 Å². The summed E-state index contributed by atoms with van der Waals surface area (Å²) < 4.78 is 5.08. The van der Waals surface area contributed by atoms with Crippen molar-refractivity contribution in [2.45, 2.75) is 4.90 Å². The summed E-state index contributed by atoms with van der Waals surface area (Å²) >= 11 is 7.57. The minimum atomic E-state index is -0.156. The highest BCUT2D eigenvalue weighted by Crippen LogP contribution is 2.28. The molecule has 2 aromatic rings. The monoisotopic (exact) mass is 307 g/mol. The molecule has 0 aliphatic heterocycles. The highest BCUT2D eigenvalue weighted by Gasteiger charge is 2.11. The van der Waals surface area contributed by atoms with Gasteiger partial charge in [-0.25, -0.2) is 0 Å². The van der Waals surface area contributed by atoms with E-state index in [0.717, 1.165) is 4.90 Å². The molecule has 0 atom stereocenters. The minimum Gasteiger partial charge on any atom is -0.495 e. The number of methoxy groups -OCH3 is 1. The number of nitrogens with one attached hydrogen (secondary N) is 1. The molecule has 0 aromatic heterocycles. The zero-order chi connectivity index (χ0) is 14.5. The largest absolute Gasteiger partial charge is 0.495 e. The number of halogens is 1. The minimum absolute atomic E-state index is 0.156. The number of carbonyl (C=O) groups is 1. The van der Waals surface area contributed by atoms with Crippen LogP contribution in [0.15, 0.2) is 47.4 Å². The standard InChI is InChI=1S/C15H14ClNO2S/c1-19-13-8-7-10(9-12(13)16)17-15(18)11-5-3-4-6-14(11)20-2/h3-9H,1-2H3,(H,17,18). The van der Waals surface area contributed by atoms with Crippen molar-refractivity contribution in [3.63, 3.8) is 0 Å². The van der Waals surface area contributed by atoms with Crippen LogP contribution in [0.1, 0.15) is 10.4 Å². The van der Waals surface area contributed by atoms with Crippen LogP contribution in [-0.4, -0.2) is 19.3 Å². The van der Waals surface area contributed by atoms with Crippen molar-refractivity contribution in [2.75, 3.05) is 18.7 Å². The Morgan fingerprint density at radius 1 is 1.25 bits per heavy atom. The fourth-order valence-electron chi connectivity index (χ4n) is 1.77. The summed E-state index contributed by atoms with van der Waals surface area (Å²) in [6.07, 6.45) is 1.94. The number of hydrogen-bond donors (Lipinski definition) is 1. The Hall–Kier alpha value is -1.65. The molecule has 0 saturated carbocycles. The van der Waals surface area contributed by atoms with Gasteiger partial charge < -0.3 is 10.1 Å². The predicted octanol–water partition coefficient (Wildman–Crippen LogP) is 4.32. The Kier molecular flexibility index (Phi) is 4.93. The van der Waals surface area contributed by atoms with Crippen molar-refractivity contribution in [1.82, 2.24) is 0 Å². The van der Waals surface area contributed by atoms with Gasteiger partial charge in [-0.1, -0.05) is 23.7 Å². The Bertz CT molecular complexity index is 631. The quantitative estimate of drug-likeness (QED) is 0.855. The van der Waals surface area contributed by atoms with Crippen molar-refractivity contribution < 1.29 is 9.53 Å². The Morgan fingerprint density at radius 2 is 2.00 bits per heavy atom. The Morgan fingerprint density at radius 3 is 2.65 bits per heavy atom. The molecule has 5 heteroatoms. The first-order chi connectivity index (χ1) is 9.65. The van der Waals surface area contributed by atoms with Gasteiger partial charge in [-0.2, -0.15) is 0 Å². The van der Waals surface area contributed by atoms with Gasteiger partial charge in [0.15, 0.2) is 0 Å². The smallest absolute Gasteiger partial charge is 0.256 e. The molecular formula is C15H14ClNO2S. The first-order valence-corrected chi connectivity index (χ1v) is 7.54. The summed E-state index contributed by atoms with van der Waals surface area (Å²) in [5.74, 6) is 0.422. The number of benzene rings is 2. The van der Waals surface area contributed by atoms with Crippen LogP contribution in [0, 0.1) is 0 Å². The Balaban J connectivity index is 2.21. The van der Waals surface area contributed by atoms with E-state index in [1.807, 2.05) is 24.5 Å². The molecule has 1 N–H and O–H groups in total. The molecule has 0 bridgehead atoms. The molecule has 2 rings (SSSR count). The first-order valence-electron chi connectivity index (χ1n) is 5.93. The summed E-state index contributed by atoms with van der Waals surface area (Å²) in [6.45, 7) is 0. The van der Waals surface area contributed by atoms with Crippen LogP contribution >= 0.6 is 23.4 Å². The third kappa shape index (κ3) is 3.26. The molecule has 20 heavy (non-hydrogen) atoms. The highest BCUT2D eigenvalue weighted by molar-refractivity contribution is 7.98. The average Bonchev–Trinajstić information content (AvgIpc) is 2.47. The summed E-state index contributed by atoms with van der Waals surface area (Å²) in [5.41, 5.74) is 1.28. The summed E-state index contributed by atoms with van der Waals surface area (Å²) in [7, 11) is 1.55. The fraction of sp³-hybridized carbons (Fsp3) is 0.133. The SMILES string of the molecule is COc1ccc(NC(=O)c2ccccc2SC)cc1Cl. The third-order valence-electron chi connectivity index (χ3n) is 2.76. The molecule has 0 heterocycles. The zero-order valence-electron chi connectivity index (χ0n) is 11.1. The number of rotatable bonds is 4. The molecule has 0 saturated heterocycles. The van der Waals surface area contributed by atoms with Crippen molar-refractivity contribution in [2.24, 2.45) is 0 Å². The van der Waals surface area contributed by atoms with E-state index in [-0.39, 0.29) is 5.91 Å². The molecule has 3 nitrogen and oxygen atoms in total. The first kappa shape index (κ1) is 14.8.